The van der Waals surface area contributed by atoms with Gasteiger partial charge in [-0.25, -0.2) is 0 Å². The van der Waals surface area contributed by atoms with Gasteiger partial charge in [-0.15, -0.1) is 0 Å². The quantitative estimate of drug-likeness (QED) is 0.327. The highest BCUT2D eigenvalue weighted by Crippen LogP contribution is 2.16. The number of carbonyl (C=O) groups excluding carboxylic acids is 3. The van der Waals surface area contributed by atoms with E-state index in [9.17, 15) is 14.4 Å². The number of hydrazine groups is 1. The third-order valence-corrected chi connectivity index (χ3v) is 4.92. The highest BCUT2D eigenvalue weighted by molar-refractivity contribution is 7.80. The molecule has 3 amide bonds. The molecule has 2 aromatic rings. The third kappa shape index (κ3) is 8.89. The number of amides is 3. The highest BCUT2D eigenvalue weighted by atomic mass is 32.1. The average molecular weight is 471 g/mol. The van der Waals surface area contributed by atoms with Crippen molar-refractivity contribution < 1.29 is 19.1 Å². The van der Waals surface area contributed by atoms with Crippen molar-refractivity contribution in [2.24, 2.45) is 0 Å². The molecule has 0 aliphatic rings. The summed E-state index contributed by atoms with van der Waals surface area (Å²) in [7, 11) is 0. The molecule has 0 spiro atoms. The zero-order valence-electron chi connectivity index (χ0n) is 19.1. The first-order chi connectivity index (χ1) is 15.8. The summed E-state index contributed by atoms with van der Waals surface area (Å²) in [6, 6.07) is 13.2. The van der Waals surface area contributed by atoms with Crippen molar-refractivity contribution in [1.82, 2.24) is 16.2 Å². The van der Waals surface area contributed by atoms with Gasteiger partial charge in [-0.05, 0) is 74.4 Å². The van der Waals surface area contributed by atoms with Crippen LogP contribution in [-0.4, -0.2) is 28.9 Å². The second kappa shape index (κ2) is 13.2. The summed E-state index contributed by atoms with van der Waals surface area (Å²) in [4.78, 5) is 36.5. The van der Waals surface area contributed by atoms with Gasteiger partial charge >= 0.3 is 0 Å². The Labute approximate surface area is 199 Å². The van der Waals surface area contributed by atoms with Crippen LogP contribution in [0.1, 0.15) is 67.2 Å². The van der Waals surface area contributed by atoms with Gasteiger partial charge in [0.15, 0.2) is 5.11 Å². The summed E-state index contributed by atoms with van der Waals surface area (Å²) in [5.74, 6) is -0.345. The molecule has 176 valence electrons. The van der Waals surface area contributed by atoms with Gasteiger partial charge in [0.1, 0.15) is 5.75 Å². The molecule has 0 bridgehead atoms. The van der Waals surface area contributed by atoms with E-state index >= 15 is 0 Å². The molecule has 0 heterocycles. The van der Waals surface area contributed by atoms with Gasteiger partial charge < -0.3 is 10.1 Å². The average Bonchev–Trinajstić information content (AvgIpc) is 2.81. The van der Waals surface area contributed by atoms with E-state index in [4.69, 9.17) is 17.0 Å². The van der Waals surface area contributed by atoms with E-state index in [1.807, 2.05) is 20.8 Å². The SMILES string of the molecule is CCCCC(=O)Nc1ccc(C(=O)NNC(=S)NC(=O)c2cccc(OC(C)CC)c2)cc1. The van der Waals surface area contributed by atoms with Crippen LogP contribution in [0, 0.1) is 0 Å². The maximum atomic E-state index is 12.4. The summed E-state index contributed by atoms with van der Waals surface area (Å²) in [6.45, 7) is 5.99. The second-order valence-electron chi connectivity index (χ2n) is 7.46. The first-order valence-electron chi connectivity index (χ1n) is 10.9. The number of unbranched alkanes of at least 4 members (excludes halogenated alkanes) is 1. The van der Waals surface area contributed by atoms with Gasteiger partial charge in [0, 0.05) is 23.2 Å². The number of nitrogens with one attached hydrogen (secondary N) is 4. The van der Waals surface area contributed by atoms with E-state index < -0.39 is 11.8 Å². The molecular weight excluding hydrogens is 440 g/mol. The molecule has 0 saturated heterocycles. The van der Waals surface area contributed by atoms with Gasteiger partial charge in [-0.3, -0.25) is 30.6 Å². The molecule has 4 N–H and O–H groups in total. The lowest BCUT2D eigenvalue weighted by Crippen LogP contribution is -2.48. The van der Waals surface area contributed by atoms with Gasteiger partial charge in [-0.1, -0.05) is 26.3 Å². The Morgan fingerprint density at radius 2 is 1.70 bits per heavy atom. The Balaban J connectivity index is 1.83. The van der Waals surface area contributed by atoms with E-state index in [0.717, 1.165) is 19.3 Å². The summed E-state index contributed by atoms with van der Waals surface area (Å²) < 4.78 is 5.73. The molecule has 1 atom stereocenters. The molecule has 8 nitrogen and oxygen atoms in total. The maximum Gasteiger partial charge on any atom is 0.269 e. The Morgan fingerprint density at radius 1 is 0.970 bits per heavy atom. The normalized spacial score (nSPS) is 11.1. The summed E-state index contributed by atoms with van der Waals surface area (Å²) in [5.41, 5.74) is 6.29. The molecule has 0 aliphatic carbocycles. The number of benzene rings is 2. The van der Waals surface area contributed by atoms with Crippen LogP contribution in [0.15, 0.2) is 48.5 Å². The van der Waals surface area contributed by atoms with Crippen molar-refractivity contribution in [2.45, 2.75) is 52.6 Å². The molecule has 0 radical (unpaired) electrons. The molecule has 33 heavy (non-hydrogen) atoms. The number of rotatable bonds is 9. The van der Waals surface area contributed by atoms with Gasteiger partial charge in [0.05, 0.1) is 6.10 Å². The first kappa shape index (κ1) is 25.8. The Bertz CT molecular complexity index is 979. The van der Waals surface area contributed by atoms with Crippen molar-refractivity contribution in [3.05, 3.63) is 59.7 Å². The summed E-state index contributed by atoms with van der Waals surface area (Å²) in [6.07, 6.45) is 3.11. The summed E-state index contributed by atoms with van der Waals surface area (Å²) in [5, 5.41) is 5.24. The molecule has 0 aromatic heterocycles. The van der Waals surface area contributed by atoms with Gasteiger partial charge in [-0.2, -0.15) is 0 Å². The van der Waals surface area contributed by atoms with E-state index in [1.165, 1.54) is 0 Å². The fourth-order valence-corrected chi connectivity index (χ4v) is 2.83. The molecule has 2 aromatic carbocycles. The Hall–Kier alpha value is -3.46. The fraction of sp³-hybridized carbons (Fsp3) is 0.333. The number of thiocarbonyl (C=S) groups is 1. The van der Waals surface area contributed by atoms with Crippen LogP contribution in [0.2, 0.25) is 0 Å². The smallest absolute Gasteiger partial charge is 0.269 e. The third-order valence-electron chi connectivity index (χ3n) is 4.71. The monoisotopic (exact) mass is 470 g/mol. The molecule has 0 aliphatic heterocycles. The van der Waals surface area contributed by atoms with E-state index in [-0.39, 0.29) is 17.1 Å². The van der Waals surface area contributed by atoms with Crippen molar-refractivity contribution in [1.29, 1.82) is 0 Å². The minimum absolute atomic E-state index is 0.0349. The van der Waals surface area contributed by atoms with Crippen LogP contribution in [0.5, 0.6) is 5.75 Å². The molecule has 2 rings (SSSR count). The standard InChI is InChI=1S/C24H30N4O4S/c1-4-6-10-21(29)25-19-13-11-17(12-14-19)23(31)27-28-24(33)26-22(30)18-8-7-9-20(15-18)32-16(3)5-2/h7-9,11-16H,4-6,10H2,1-3H3,(H,25,29)(H,27,31)(H2,26,28,30,33). The van der Waals surface area contributed by atoms with E-state index in [2.05, 4.69) is 21.5 Å². The van der Waals surface area contributed by atoms with Crippen molar-refractivity contribution in [3.63, 3.8) is 0 Å². The number of anilines is 1. The topological polar surface area (TPSA) is 109 Å². The molecule has 0 fully saturated rings. The number of hydrogen-bond donors (Lipinski definition) is 4. The highest BCUT2D eigenvalue weighted by Gasteiger charge is 2.12. The van der Waals surface area contributed by atoms with Gasteiger partial charge in [0.25, 0.3) is 11.8 Å². The first-order valence-corrected chi connectivity index (χ1v) is 11.3. The summed E-state index contributed by atoms with van der Waals surface area (Å²) >= 11 is 5.09. The number of hydrogen-bond acceptors (Lipinski definition) is 5. The van der Waals surface area contributed by atoms with Crippen LogP contribution < -0.4 is 26.2 Å². The van der Waals surface area contributed by atoms with Crippen LogP contribution in [0.4, 0.5) is 5.69 Å². The Kier molecular flexibility index (Phi) is 10.3. The van der Waals surface area contributed by atoms with Crippen LogP contribution in [0.25, 0.3) is 0 Å². The van der Waals surface area contributed by atoms with Crippen molar-refractivity contribution in [3.8, 4) is 5.75 Å². The second-order valence-corrected chi connectivity index (χ2v) is 7.86. The van der Waals surface area contributed by atoms with Crippen molar-refractivity contribution >= 4 is 40.7 Å². The fourth-order valence-electron chi connectivity index (χ4n) is 2.68. The van der Waals surface area contributed by atoms with E-state index in [1.54, 1.807) is 48.5 Å². The van der Waals surface area contributed by atoms with Crippen LogP contribution in [-0.2, 0) is 4.79 Å². The minimum Gasteiger partial charge on any atom is -0.491 e. The molecule has 1 unspecified atom stereocenters. The lowest BCUT2D eigenvalue weighted by Gasteiger charge is -2.14. The van der Waals surface area contributed by atoms with Crippen LogP contribution >= 0.6 is 12.2 Å². The number of ether oxygens (including phenoxy) is 1. The molecule has 9 heteroatoms. The lowest BCUT2D eigenvalue weighted by atomic mass is 10.2. The van der Waals surface area contributed by atoms with Crippen LogP contribution in [0.3, 0.4) is 0 Å². The number of carbonyl (C=O) groups is 3. The van der Waals surface area contributed by atoms with Gasteiger partial charge in [0.2, 0.25) is 5.91 Å². The lowest BCUT2D eigenvalue weighted by molar-refractivity contribution is -0.116. The van der Waals surface area contributed by atoms with Crippen molar-refractivity contribution in [2.75, 3.05) is 5.32 Å². The minimum atomic E-state index is -0.445. The maximum absolute atomic E-state index is 12.4. The van der Waals surface area contributed by atoms with E-state index in [0.29, 0.717) is 29.0 Å². The Morgan fingerprint density at radius 3 is 2.36 bits per heavy atom. The zero-order valence-corrected chi connectivity index (χ0v) is 19.9. The molecule has 0 saturated carbocycles. The molecular formula is C24H30N4O4S. The largest absolute Gasteiger partial charge is 0.491 e. The predicted octanol–water partition coefficient (Wildman–Crippen LogP) is 3.94. The predicted molar refractivity (Wildman–Crippen MR) is 132 cm³/mol. The zero-order chi connectivity index (χ0) is 24.2.